The summed E-state index contributed by atoms with van der Waals surface area (Å²) in [5.41, 5.74) is -0.932. The SMILES string of the molecule is CC[C@H]1O[C@@H](O[C@H]2[C@H](O[C@H]3[C@H](O)[C@@H](OC4O[C@@H](C)[C@H](O)[C@@H](O)[C@H]4O)[C@H](C(C)(C)C)O[C@@H]3C(=O)O)O[C@H](CO)[C@H](O)[C@@H]2O)[C@H](O)[C@@H](O)[C@@H]1O. The number of aliphatic hydroxyl groups is 10. The van der Waals surface area contributed by atoms with Gasteiger partial charge >= 0.3 is 5.97 Å². The quantitative estimate of drug-likeness (QED) is 0.107. The smallest absolute Gasteiger partial charge is 0.335 e. The fourth-order valence-corrected chi connectivity index (χ4v) is 6.32. The molecule has 4 aliphatic rings. The largest absolute Gasteiger partial charge is 0.479 e. The molecule has 0 spiro atoms. The number of carbonyl (C=O) groups is 1. The average molecular weight is 703 g/mol. The Labute approximate surface area is 276 Å². The molecule has 4 rings (SSSR count). The number of ether oxygens (including phenoxy) is 7. The number of carboxylic acids is 1. The van der Waals surface area contributed by atoms with Crippen molar-refractivity contribution >= 4 is 5.97 Å². The van der Waals surface area contributed by atoms with Crippen molar-refractivity contribution in [3.8, 4) is 0 Å². The van der Waals surface area contributed by atoms with Crippen molar-refractivity contribution in [2.45, 2.75) is 164 Å². The molecule has 48 heavy (non-hydrogen) atoms. The summed E-state index contributed by atoms with van der Waals surface area (Å²) in [6, 6.07) is 0. The van der Waals surface area contributed by atoms with Gasteiger partial charge in [0.1, 0.15) is 79.4 Å². The summed E-state index contributed by atoms with van der Waals surface area (Å²) in [5.74, 6) is -1.60. The van der Waals surface area contributed by atoms with E-state index in [2.05, 4.69) is 0 Å². The second-order valence-electron chi connectivity index (χ2n) is 13.8. The molecule has 4 saturated heterocycles. The molecule has 0 saturated carbocycles. The maximum Gasteiger partial charge on any atom is 0.335 e. The predicted octanol–water partition coefficient (Wildman–Crippen LogP) is -5.11. The van der Waals surface area contributed by atoms with Crippen molar-refractivity contribution in [3.05, 3.63) is 0 Å². The molecule has 4 aliphatic heterocycles. The van der Waals surface area contributed by atoms with Crippen molar-refractivity contribution in [2.75, 3.05) is 6.61 Å². The van der Waals surface area contributed by atoms with Crippen LogP contribution in [0.2, 0.25) is 0 Å². The Bertz CT molecular complexity index is 1060. The normalized spacial score (nSPS) is 50.6. The summed E-state index contributed by atoms with van der Waals surface area (Å²) in [5, 5.41) is 116. The maximum absolute atomic E-state index is 12.5. The van der Waals surface area contributed by atoms with Crippen LogP contribution in [0.3, 0.4) is 0 Å². The van der Waals surface area contributed by atoms with Crippen molar-refractivity contribution < 1.29 is 94.1 Å². The number of aliphatic carboxylic acids is 1. The molecule has 19 nitrogen and oxygen atoms in total. The van der Waals surface area contributed by atoms with Crippen molar-refractivity contribution in [2.24, 2.45) is 5.41 Å². The van der Waals surface area contributed by atoms with Gasteiger partial charge in [-0.3, -0.25) is 0 Å². The molecule has 280 valence electrons. The highest BCUT2D eigenvalue weighted by molar-refractivity contribution is 5.73. The summed E-state index contributed by atoms with van der Waals surface area (Å²) in [6.07, 6.45) is -32.9. The summed E-state index contributed by atoms with van der Waals surface area (Å²) in [4.78, 5) is 12.5. The van der Waals surface area contributed by atoms with E-state index in [0.29, 0.717) is 0 Å². The van der Waals surface area contributed by atoms with E-state index < -0.39 is 141 Å². The molecule has 1 unspecified atom stereocenters. The van der Waals surface area contributed by atoms with Crippen LogP contribution in [0.25, 0.3) is 0 Å². The summed E-state index contributed by atoms with van der Waals surface area (Å²) in [6.45, 7) is 7.14. The van der Waals surface area contributed by atoms with E-state index in [1.807, 2.05) is 0 Å². The summed E-state index contributed by atoms with van der Waals surface area (Å²) in [7, 11) is 0. The van der Waals surface area contributed by atoms with Crippen LogP contribution in [-0.2, 0) is 38.0 Å². The minimum atomic E-state index is -1.94. The fraction of sp³-hybridized carbons (Fsp3) is 0.966. The topological polar surface area (TPSA) is 304 Å². The first-order chi connectivity index (χ1) is 22.3. The zero-order chi connectivity index (χ0) is 36.0. The lowest BCUT2D eigenvalue weighted by Gasteiger charge is -2.51. The van der Waals surface area contributed by atoms with Gasteiger partial charge in [-0.1, -0.05) is 27.7 Å². The molecule has 0 aromatic carbocycles. The molecule has 20 atom stereocenters. The summed E-state index contributed by atoms with van der Waals surface area (Å²) < 4.78 is 40.3. The first-order valence-electron chi connectivity index (χ1n) is 15.9. The average Bonchev–Trinajstić information content (AvgIpc) is 3.02. The van der Waals surface area contributed by atoms with Crippen LogP contribution < -0.4 is 0 Å². The highest BCUT2D eigenvalue weighted by Gasteiger charge is 2.58. The van der Waals surface area contributed by atoms with Crippen LogP contribution in [0, 0.1) is 5.41 Å². The van der Waals surface area contributed by atoms with Crippen molar-refractivity contribution in [1.82, 2.24) is 0 Å². The van der Waals surface area contributed by atoms with E-state index in [1.54, 1.807) is 27.7 Å². The number of aliphatic hydroxyl groups excluding tert-OH is 10. The minimum absolute atomic E-state index is 0.167. The molecule has 0 amide bonds. The molecule has 0 radical (unpaired) electrons. The van der Waals surface area contributed by atoms with E-state index in [1.165, 1.54) is 6.92 Å². The van der Waals surface area contributed by atoms with Gasteiger partial charge in [-0.05, 0) is 18.8 Å². The molecule has 0 bridgehead atoms. The standard InChI is InChI=1S/C29H50O19/c1-6-9-12(32)15(35)18(38)27(43-9)48-22-16(36)13(33)10(7-30)44-28(22)46-20-19(39)21(24(29(3,4)5)45-23(20)25(40)41)47-26-17(37)14(34)11(31)8(2)42-26/h8-24,26-28,30-39H,6-7H2,1-5H3,(H,40,41)/t8-,9+,10+,11-,12+,13-,14+,15-,16-,17+,18+,19-,20-,21+,22+,23-,24+,26?,27-,28-/m0/s1. The Morgan fingerprint density at radius 2 is 1.10 bits per heavy atom. The van der Waals surface area contributed by atoms with Gasteiger partial charge in [0.05, 0.1) is 24.9 Å². The van der Waals surface area contributed by atoms with Crippen molar-refractivity contribution in [1.29, 1.82) is 0 Å². The molecule has 0 aromatic heterocycles. The number of rotatable bonds is 9. The Morgan fingerprint density at radius 3 is 1.65 bits per heavy atom. The number of hydrogen-bond donors (Lipinski definition) is 11. The third-order valence-electron chi connectivity index (χ3n) is 9.24. The Kier molecular flexibility index (Phi) is 12.8. The third kappa shape index (κ3) is 7.82. The fourth-order valence-electron chi connectivity index (χ4n) is 6.32. The second-order valence-corrected chi connectivity index (χ2v) is 13.8. The predicted molar refractivity (Wildman–Crippen MR) is 153 cm³/mol. The zero-order valence-electron chi connectivity index (χ0n) is 27.1. The second kappa shape index (κ2) is 15.6. The van der Waals surface area contributed by atoms with Gasteiger partial charge in [-0.15, -0.1) is 0 Å². The molecular weight excluding hydrogens is 652 g/mol. The van der Waals surface area contributed by atoms with E-state index in [0.717, 1.165) is 0 Å². The van der Waals surface area contributed by atoms with Gasteiger partial charge in [0.2, 0.25) is 0 Å². The van der Waals surface area contributed by atoms with Crippen LogP contribution in [0.1, 0.15) is 41.0 Å². The Balaban J connectivity index is 1.66. The Hall–Kier alpha value is -1.21. The molecular formula is C29H50O19. The van der Waals surface area contributed by atoms with Gasteiger partial charge in [0, 0.05) is 0 Å². The molecule has 4 heterocycles. The first kappa shape index (κ1) is 39.6. The number of carboxylic acid groups (broad SMARTS) is 1. The number of hydrogen-bond acceptors (Lipinski definition) is 18. The Morgan fingerprint density at radius 1 is 0.604 bits per heavy atom. The summed E-state index contributed by atoms with van der Waals surface area (Å²) >= 11 is 0. The molecule has 4 fully saturated rings. The van der Waals surface area contributed by atoms with E-state index >= 15 is 0 Å². The van der Waals surface area contributed by atoms with Crippen LogP contribution in [0.5, 0.6) is 0 Å². The first-order valence-corrected chi connectivity index (χ1v) is 15.9. The van der Waals surface area contributed by atoms with E-state index in [4.69, 9.17) is 33.2 Å². The van der Waals surface area contributed by atoms with Gasteiger partial charge < -0.3 is 89.3 Å². The maximum atomic E-state index is 12.5. The van der Waals surface area contributed by atoms with Crippen molar-refractivity contribution in [3.63, 3.8) is 0 Å². The van der Waals surface area contributed by atoms with Crippen LogP contribution in [-0.4, -0.2) is 191 Å². The minimum Gasteiger partial charge on any atom is -0.479 e. The van der Waals surface area contributed by atoms with Crippen LogP contribution >= 0.6 is 0 Å². The zero-order valence-corrected chi connectivity index (χ0v) is 27.1. The highest BCUT2D eigenvalue weighted by atomic mass is 16.8. The van der Waals surface area contributed by atoms with E-state index in [9.17, 15) is 61.0 Å². The molecule has 0 aliphatic carbocycles. The van der Waals surface area contributed by atoms with Gasteiger partial charge in [-0.25, -0.2) is 4.79 Å². The highest BCUT2D eigenvalue weighted by Crippen LogP contribution is 2.39. The molecule has 0 aromatic rings. The van der Waals surface area contributed by atoms with Crippen LogP contribution in [0.4, 0.5) is 0 Å². The van der Waals surface area contributed by atoms with Crippen LogP contribution in [0.15, 0.2) is 0 Å². The monoisotopic (exact) mass is 702 g/mol. The van der Waals surface area contributed by atoms with E-state index in [-0.39, 0.29) is 6.42 Å². The molecule has 11 N–H and O–H groups in total. The lowest BCUT2D eigenvalue weighted by Crippen LogP contribution is -2.69. The van der Waals surface area contributed by atoms with Gasteiger partial charge in [0.15, 0.2) is 25.0 Å². The third-order valence-corrected chi connectivity index (χ3v) is 9.24. The molecule has 19 heteroatoms. The van der Waals surface area contributed by atoms with Gasteiger partial charge in [0.25, 0.3) is 0 Å². The lowest BCUT2D eigenvalue weighted by atomic mass is 9.80. The van der Waals surface area contributed by atoms with Gasteiger partial charge in [-0.2, -0.15) is 0 Å². The lowest BCUT2D eigenvalue weighted by molar-refractivity contribution is -0.387.